The molecule has 0 aliphatic heterocycles. The zero-order valence-electron chi connectivity index (χ0n) is 13.3. The number of urea groups is 1. The molecule has 0 aromatic heterocycles. The topological polar surface area (TPSA) is 108 Å². The number of carbonyl (C=O) groups is 3. The number of carboxylic acid groups (broad SMARTS) is 1. The van der Waals surface area contributed by atoms with E-state index in [1.54, 1.807) is 24.3 Å². The molecule has 7 nitrogen and oxygen atoms in total. The molecular formula is C17H21N3O4. The van der Waals surface area contributed by atoms with Crippen molar-refractivity contribution in [3.8, 4) is 0 Å². The number of aliphatic carboxylic acids is 1. The fourth-order valence-electron chi connectivity index (χ4n) is 2.87. The first kappa shape index (κ1) is 16.3. The fraction of sp³-hybridized carbons (Fsp3) is 0.471. The van der Waals surface area contributed by atoms with Crippen LogP contribution in [0.3, 0.4) is 0 Å². The van der Waals surface area contributed by atoms with Gasteiger partial charge >= 0.3 is 12.0 Å². The van der Waals surface area contributed by atoms with Crippen LogP contribution in [0.25, 0.3) is 0 Å². The van der Waals surface area contributed by atoms with Crippen molar-refractivity contribution in [2.24, 2.45) is 0 Å². The van der Waals surface area contributed by atoms with Crippen molar-refractivity contribution in [2.45, 2.75) is 50.1 Å². The minimum Gasteiger partial charge on any atom is -0.481 e. The third-order valence-corrected chi connectivity index (χ3v) is 4.47. The smallest absolute Gasteiger partial charge is 0.319 e. The molecule has 128 valence electrons. The molecule has 4 N–H and O–H groups in total. The lowest BCUT2D eigenvalue weighted by molar-refractivity contribution is -0.139. The number of nitrogens with one attached hydrogen (secondary N) is 3. The molecule has 1 aromatic rings. The minimum atomic E-state index is -0.915. The van der Waals surface area contributed by atoms with Crippen molar-refractivity contribution in [1.29, 1.82) is 0 Å². The summed E-state index contributed by atoms with van der Waals surface area (Å²) < 4.78 is 0. The Kier molecular flexibility index (Phi) is 4.42. The number of anilines is 1. The number of hydrogen-bond donors (Lipinski definition) is 4. The van der Waals surface area contributed by atoms with Crippen molar-refractivity contribution >= 4 is 23.6 Å². The average molecular weight is 331 g/mol. The summed E-state index contributed by atoms with van der Waals surface area (Å²) >= 11 is 0. The van der Waals surface area contributed by atoms with Crippen LogP contribution in [0.15, 0.2) is 24.3 Å². The van der Waals surface area contributed by atoms with Crippen LogP contribution in [0.1, 0.15) is 48.9 Å². The molecule has 0 radical (unpaired) electrons. The first-order chi connectivity index (χ1) is 11.5. The van der Waals surface area contributed by atoms with Gasteiger partial charge < -0.3 is 21.1 Å². The number of benzene rings is 1. The minimum absolute atomic E-state index is 0.0690. The van der Waals surface area contributed by atoms with Gasteiger partial charge in [0.1, 0.15) is 0 Å². The zero-order valence-corrected chi connectivity index (χ0v) is 13.3. The van der Waals surface area contributed by atoms with Crippen LogP contribution in [0.4, 0.5) is 10.5 Å². The van der Waals surface area contributed by atoms with Gasteiger partial charge in [0.05, 0.1) is 12.0 Å². The second-order valence-corrected chi connectivity index (χ2v) is 6.61. The molecule has 0 unspecified atom stereocenters. The quantitative estimate of drug-likeness (QED) is 0.640. The number of carboxylic acids is 1. The summed E-state index contributed by atoms with van der Waals surface area (Å²) in [5.41, 5.74) is 0.285. The van der Waals surface area contributed by atoms with Gasteiger partial charge in [-0.05, 0) is 50.3 Å². The van der Waals surface area contributed by atoms with E-state index in [2.05, 4.69) is 16.0 Å². The van der Waals surface area contributed by atoms with Gasteiger partial charge in [0.25, 0.3) is 5.91 Å². The molecule has 24 heavy (non-hydrogen) atoms. The molecule has 2 aliphatic carbocycles. The second kappa shape index (κ2) is 6.51. The van der Waals surface area contributed by atoms with E-state index in [-0.39, 0.29) is 24.4 Å². The van der Waals surface area contributed by atoms with E-state index in [4.69, 9.17) is 5.11 Å². The maximum atomic E-state index is 12.4. The normalized spacial score (nSPS) is 18.2. The monoisotopic (exact) mass is 331 g/mol. The summed E-state index contributed by atoms with van der Waals surface area (Å²) in [5.74, 6) is -1.23. The third kappa shape index (κ3) is 4.04. The molecular weight excluding hydrogens is 310 g/mol. The van der Waals surface area contributed by atoms with Gasteiger partial charge in [0.2, 0.25) is 0 Å². The molecule has 1 aromatic carbocycles. The van der Waals surface area contributed by atoms with Crippen LogP contribution < -0.4 is 16.0 Å². The highest BCUT2D eigenvalue weighted by Gasteiger charge is 2.40. The Hall–Kier alpha value is -2.57. The predicted octanol–water partition coefficient (Wildman–Crippen LogP) is 2.10. The van der Waals surface area contributed by atoms with Crippen LogP contribution in [-0.2, 0) is 4.79 Å². The summed E-state index contributed by atoms with van der Waals surface area (Å²) in [6.07, 6.45) is 4.19. The molecule has 2 saturated carbocycles. The first-order valence-electron chi connectivity index (χ1n) is 8.18. The largest absolute Gasteiger partial charge is 0.481 e. The Bertz CT molecular complexity index is 666. The summed E-state index contributed by atoms with van der Waals surface area (Å²) in [5, 5.41) is 17.4. The lowest BCUT2D eigenvalue weighted by Gasteiger charge is -2.41. The zero-order chi connectivity index (χ0) is 17.2. The summed E-state index contributed by atoms with van der Waals surface area (Å²) in [4.78, 5) is 35.2. The molecule has 0 spiro atoms. The van der Waals surface area contributed by atoms with Gasteiger partial charge in [-0.2, -0.15) is 0 Å². The number of hydrogen-bond acceptors (Lipinski definition) is 3. The predicted molar refractivity (Wildman–Crippen MR) is 87.9 cm³/mol. The van der Waals surface area contributed by atoms with Crippen molar-refractivity contribution in [1.82, 2.24) is 10.6 Å². The van der Waals surface area contributed by atoms with Gasteiger partial charge in [-0.25, -0.2) is 4.79 Å². The highest BCUT2D eigenvalue weighted by atomic mass is 16.4. The van der Waals surface area contributed by atoms with E-state index in [1.807, 2.05) is 0 Å². The van der Waals surface area contributed by atoms with Crippen LogP contribution >= 0.6 is 0 Å². The molecule has 0 bridgehead atoms. The Morgan fingerprint density at radius 1 is 1.21 bits per heavy atom. The molecule has 2 aliphatic rings. The van der Waals surface area contributed by atoms with Crippen molar-refractivity contribution in [3.63, 3.8) is 0 Å². The van der Waals surface area contributed by atoms with Crippen molar-refractivity contribution < 1.29 is 19.5 Å². The molecule has 7 heteroatoms. The number of rotatable bonds is 6. The summed E-state index contributed by atoms with van der Waals surface area (Å²) in [7, 11) is 0. The van der Waals surface area contributed by atoms with Crippen LogP contribution in [0.5, 0.6) is 0 Å². The van der Waals surface area contributed by atoms with E-state index in [0.717, 1.165) is 19.3 Å². The maximum Gasteiger partial charge on any atom is 0.319 e. The van der Waals surface area contributed by atoms with Crippen LogP contribution in [0.2, 0.25) is 0 Å². The van der Waals surface area contributed by atoms with E-state index >= 15 is 0 Å². The summed E-state index contributed by atoms with van der Waals surface area (Å²) in [6.45, 7) is 0. The highest BCUT2D eigenvalue weighted by Crippen LogP contribution is 2.35. The maximum absolute atomic E-state index is 12.4. The second-order valence-electron chi connectivity index (χ2n) is 6.61. The van der Waals surface area contributed by atoms with Crippen LogP contribution in [-0.4, -0.2) is 34.6 Å². The van der Waals surface area contributed by atoms with Gasteiger partial charge in [0, 0.05) is 17.3 Å². The van der Waals surface area contributed by atoms with Gasteiger partial charge in [-0.15, -0.1) is 0 Å². The Morgan fingerprint density at radius 3 is 2.54 bits per heavy atom. The lowest BCUT2D eigenvalue weighted by Crippen LogP contribution is -2.54. The van der Waals surface area contributed by atoms with E-state index < -0.39 is 11.5 Å². The third-order valence-electron chi connectivity index (χ3n) is 4.47. The van der Waals surface area contributed by atoms with Crippen LogP contribution in [0, 0.1) is 0 Å². The SMILES string of the molecule is O=C(O)CC1(NC(=O)c2cccc(NC(=O)NC3CC3)c2)CCC1. The Morgan fingerprint density at radius 2 is 1.96 bits per heavy atom. The molecule has 0 atom stereocenters. The summed E-state index contributed by atoms with van der Waals surface area (Å²) in [6, 6.07) is 6.61. The Balaban J connectivity index is 1.63. The van der Waals surface area contributed by atoms with Crippen molar-refractivity contribution in [2.75, 3.05) is 5.32 Å². The van der Waals surface area contributed by atoms with E-state index in [0.29, 0.717) is 24.1 Å². The van der Waals surface area contributed by atoms with Gasteiger partial charge in [0.15, 0.2) is 0 Å². The molecule has 2 fully saturated rings. The van der Waals surface area contributed by atoms with E-state index in [9.17, 15) is 14.4 Å². The van der Waals surface area contributed by atoms with Gasteiger partial charge in [-0.3, -0.25) is 9.59 Å². The number of carbonyl (C=O) groups excluding carboxylic acids is 2. The highest BCUT2D eigenvalue weighted by molar-refractivity contribution is 5.97. The standard InChI is InChI=1S/C17H21N3O4/c21-14(22)10-17(7-2-8-17)20-15(23)11-3-1-4-13(9-11)19-16(24)18-12-5-6-12/h1,3-4,9,12H,2,5-8,10H2,(H,20,23)(H,21,22)(H2,18,19,24). The molecule has 3 rings (SSSR count). The lowest BCUT2D eigenvalue weighted by atomic mass is 9.74. The van der Waals surface area contributed by atoms with E-state index in [1.165, 1.54) is 0 Å². The first-order valence-corrected chi connectivity index (χ1v) is 8.18. The molecule has 0 heterocycles. The van der Waals surface area contributed by atoms with Crippen molar-refractivity contribution in [3.05, 3.63) is 29.8 Å². The Labute approximate surface area is 139 Å². The van der Waals surface area contributed by atoms with Gasteiger partial charge in [-0.1, -0.05) is 6.07 Å². The average Bonchev–Trinajstić information content (AvgIpc) is 3.28. The molecule has 0 saturated heterocycles. The number of amides is 3. The molecule has 3 amide bonds. The fourth-order valence-corrected chi connectivity index (χ4v) is 2.87.